The first-order valence-electron chi connectivity index (χ1n) is 10.5. The molecule has 0 aliphatic carbocycles. The molecule has 33 heavy (non-hydrogen) atoms. The predicted octanol–water partition coefficient (Wildman–Crippen LogP) is 2.70. The Morgan fingerprint density at radius 2 is 1.73 bits per heavy atom. The Balaban J connectivity index is 1.91. The van der Waals surface area contributed by atoms with Crippen LogP contribution < -0.4 is 10.9 Å². The van der Waals surface area contributed by atoms with Crippen molar-refractivity contribution in [1.82, 2.24) is 14.9 Å². The van der Waals surface area contributed by atoms with Gasteiger partial charge < -0.3 is 14.8 Å². The molecule has 174 valence electrons. The van der Waals surface area contributed by atoms with Crippen molar-refractivity contribution in [1.29, 1.82) is 0 Å². The van der Waals surface area contributed by atoms with E-state index in [4.69, 9.17) is 9.47 Å². The van der Waals surface area contributed by atoms with E-state index in [1.54, 1.807) is 44.6 Å². The lowest BCUT2D eigenvalue weighted by Gasteiger charge is -2.13. The van der Waals surface area contributed by atoms with Crippen LogP contribution in [-0.4, -0.2) is 61.0 Å². The molecule has 9 heteroatoms. The van der Waals surface area contributed by atoms with Crippen LogP contribution in [0.4, 0.5) is 0 Å². The number of thioether (sulfide) groups is 1. The van der Waals surface area contributed by atoms with Gasteiger partial charge in [-0.3, -0.25) is 19.0 Å². The summed E-state index contributed by atoms with van der Waals surface area (Å²) in [5, 5.41) is 3.56. The topological polar surface area (TPSA) is 99.5 Å². The van der Waals surface area contributed by atoms with Gasteiger partial charge in [0.2, 0.25) is 0 Å². The van der Waals surface area contributed by atoms with Gasteiger partial charge in [0.05, 0.1) is 36.4 Å². The van der Waals surface area contributed by atoms with E-state index in [0.29, 0.717) is 53.5 Å². The summed E-state index contributed by atoms with van der Waals surface area (Å²) in [5.74, 6) is -0.201. The summed E-state index contributed by atoms with van der Waals surface area (Å²) in [6.07, 6.45) is 0. The standard InChI is InChI=1S/C24H27N3O5S/c1-16-4-6-17(7-5-16)21(28)15-33-24-26-20-14-18(22(29)25-10-12-31-2)8-9-19(20)23(30)27(24)11-13-32-3/h4-9,14H,10-13,15H2,1-3H3,(H,25,29). The molecule has 0 radical (unpaired) electrons. The molecule has 0 spiro atoms. The minimum atomic E-state index is -0.275. The lowest BCUT2D eigenvalue weighted by Crippen LogP contribution is -2.28. The molecular formula is C24H27N3O5S. The van der Waals surface area contributed by atoms with Crippen molar-refractivity contribution in [3.05, 3.63) is 69.5 Å². The summed E-state index contributed by atoms with van der Waals surface area (Å²) in [5.41, 5.74) is 2.24. The summed E-state index contributed by atoms with van der Waals surface area (Å²) in [4.78, 5) is 42.8. The Kier molecular flexibility index (Phi) is 8.76. The Labute approximate surface area is 196 Å². The van der Waals surface area contributed by atoms with Crippen LogP contribution in [0.1, 0.15) is 26.3 Å². The molecule has 0 unspecified atom stereocenters. The average molecular weight is 470 g/mol. The van der Waals surface area contributed by atoms with Gasteiger partial charge in [0.15, 0.2) is 10.9 Å². The smallest absolute Gasteiger partial charge is 0.262 e. The monoisotopic (exact) mass is 469 g/mol. The second-order valence-corrected chi connectivity index (χ2v) is 8.34. The summed E-state index contributed by atoms with van der Waals surface area (Å²) < 4.78 is 11.6. The molecule has 0 saturated carbocycles. The maximum absolute atomic E-state index is 13.2. The second kappa shape index (κ2) is 11.7. The lowest BCUT2D eigenvalue weighted by atomic mass is 10.1. The summed E-state index contributed by atoms with van der Waals surface area (Å²) in [6, 6.07) is 12.1. The van der Waals surface area contributed by atoms with Crippen molar-refractivity contribution in [3.63, 3.8) is 0 Å². The number of nitrogens with zero attached hydrogens (tertiary/aromatic N) is 2. The van der Waals surface area contributed by atoms with E-state index in [1.807, 2.05) is 19.1 Å². The number of fused-ring (bicyclic) bond motifs is 1. The summed E-state index contributed by atoms with van der Waals surface area (Å²) in [6.45, 7) is 3.37. The van der Waals surface area contributed by atoms with Crippen LogP contribution in [0.25, 0.3) is 10.9 Å². The number of methoxy groups -OCH3 is 2. The largest absolute Gasteiger partial charge is 0.383 e. The van der Waals surface area contributed by atoms with Crippen molar-refractivity contribution in [2.24, 2.45) is 0 Å². The Morgan fingerprint density at radius 3 is 2.42 bits per heavy atom. The minimum absolute atomic E-state index is 0.0566. The maximum atomic E-state index is 13.2. The normalized spacial score (nSPS) is 11.0. The number of aromatic nitrogens is 2. The van der Waals surface area contributed by atoms with E-state index in [-0.39, 0.29) is 23.0 Å². The zero-order chi connectivity index (χ0) is 23.8. The van der Waals surface area contributed by atoms with Gasteiger partial charge in [0.25, 0.3) is 11.5 Å². The van der Waals surface area contributed by atoms with Gasteiger partial charge in [-0.05, 0) is 25.1 Å². The number of rotatable bonds is 11. The molecule has 1 N–H and O–H groups in total. The fourth-order valence-electron chi connectivity index (χ4n) is 3.15. The van der Waals surface area contributed by atoms with E-state index in [2.05, 4.69) is 10.3 Å². The molecule has 0 saturated heterocycles. The lowest BCUT2D eigenvalue weighted by molar-refractivity contribution is 0.0936. The zero-order valence-corrected chi connectivity index (χ0v) is 19.7. The van der Waals surface area contributed by atoms with Gasteiger partial charge in [0, 0.05) is 31.9 Å². The van der Waals surface area contributed by atoms with Crippen molar-refractivity contribution < 1.29 is 19.1 Å². The Morgan fingerprint density at radius 1 is 1.03 bits per heavy atom. The molecule has 0 aliphatic heterocycles. The number of ether oxygens (including phenoxy) is 2. The third-order valence-electron chi connectivity index (χ3n) is 5.00. The fourth-order valence-corrected chi connectivity index (χ4v) is 4.07. The van der Waals surface area contributed by atoms with Crippen molar-refractivity contribution >= 4 is 34.4 Å². The van der Waals surface area contributed by atoms with E-state index < -0.39 is 0 Å². The number of aryl methyl sites for hydroxylation is 1. The number of benzene rings is 2. The summed E-state index contributed by atoms with van der Waals surface area (Å²) >= 11 is 1.19. The van der Waals surface area contributed by atoms with E-state index in [0.717, 1.165) is 5.56 Å². The van der Waals surface area contributed by atoms with Crippen LogP contribution in [0, 0.1) is 6.92 Å². The first-order valence-corrected chi connectivity index (χ1v) is 11.5. The molecule has 3 rings (SSSR count). The molecule has 0 atom stereocenters. The van der Waals surface area contributed by atoms with Gasteiger partial charge in [-0.2, -0.15) is 0 Å². The number of hydrogen-bond donors (Lipinski definition) is 1. The molecule has 0 fully saturated rings. The quantitative estimate of drug-likeness (QED) is 0.199. The van der Waals surface area contributed by atoms with Crippen LogP contribution in [-0.2, 0) is 16.0 Å². The molecule has 0 bridgehead atoms. The first-order chi connectivity index (χ1) is 15.9. The second-order valence-electron chi connectivity index (χ2n) is 7.40. The number of Topliss-reactive ketones (excluding diaryl/α,β-unsaturated/α-hetero) is 1. The number of carbonyl (C=O) groups is 2. The van der Waals surface area contributed by atoms with Crippen LogP contribution in [0.3, 0.4) is 0 Å². The maximum Gasteiger partial charge on any atom is 0.262 e. The third kappa shape index (κ3) is 6.28. The minimum Gasteiger partial charge on any atom is -0.383 e. The fraction of sp³-hybridized carbons (Fsp3) is 0.333. The predicted molar refractivity (Wildman–Crippen MR) is 128 cm³/mol. The molecule has 1 aromatic heterocycles. The highest BCUT2D eigenvalue weighted by Crippen LogP contribution is 2.20. The van der Waals surface area contributed by atoms with Crippen LogP contribution in [0.2, 0.25) is 0 Å². The number of nitrogens with one attached hydrogen (secondary N) is 1. The number of amides is 1. The van der Waals surface area contributed by atoms with Crippen molar-refractivity contribution in [2.45, 2.75) is 18.6 Å². The third-order valence-corrected chi connectivity index (χ3v) is 5.98. The summed E-state index contributed by atoms with van der Waals surface area (Å²) in [7, 11) is 3.12. The van der Waals surface area contributed by atoms with E-state index in [1.165, 1.54) is 16.3 Å². The number of carbonyl (C=O) groups excluding carboxylic acids is 2. The highest BCUT2D eigenvalue weighted by Gasteiger charge is 2.16. The van der Waals surface area contributed by atoms with Crippen LogP contribution in [0.5, 0.6) is 0 Å². The zero-order valence-electron chi connectivity index (χ0n) is 18.9. The van der Waals surface area contributed by atoms with Gasteiger partial charge in [-0.15, -0.1) is 0 Å². The van der Waals surface area contributed by atoms with E-state index >= 15 is 0 Å². The molecule has 2 aromatic carbocycles. The molecule has 3 aromatic rings. The number of ketones is 1. The Hall–Kier alpha value is -3.01. The molecule has 1 amide bonds. The highest BCUT2D eigenvalue weighted by atomic mass is 32.2. The van der Waals surface area contributed by atoms with E-state index in [9.17, 15) is 14.4 Å². The molecular weight excluding hydrogens is 442 g/mol. The molecule has 8 nitrogen and oxygen atoms in total. The first kappa shape index (κ1) is 24.6. The highest BCUT2D eigenvalue weighted by molar-refractivity contribution is 7.99. The van der Waals surface area contributed by atoms with Crippen LogP contribution in [0.15, 0.2) is 52.4 Å². The van der Waals surface area contributed by atoms with Gasteiger partial charge in [0.1, 0.15) is 0 Å². The van der Waals surface area contributed by atoms with Gasteiger partial charge in [-0.25, -0.2) is 4.98 Å². The van der Waals surface area contributed by atoms with Gasteiger partial charge >= 0.3 is 0 Å². The van der Waals surface area contributed by atoms with Crippen molar-refractivity contribution in [2.75, 3.05) is 39.7 Å². The SMILES string of the molecule is COCCNC(=O)c1ccc2c(=O)n(CCOC)c(SCC(=O)c3ccc(C)cc3)nc2c1. The number of hydrogen-bond acceptors (Lipinski definition) is 7. The molecule has 0 aliphatic rings. The Bertz CT molecular complexity index is 1190. The van der Waals surface area contributed by atoms with Crippen LogP contribution >= 0.6 is 11.8 Å². The average Bonchev–Trinajstić information content (AvgIpc) is 2.82. The van der Waals surface area contributed by atoms with Crippen molar-refractivity contribution in [3.8, 4) is 0 Å². The molecule has 1 heterocycles. The van der Waals surface area contributed by atoms with Gasteiger partial charge in [-0.1, -0.05) is 41.6 Å².